The smallest absolute Gasteiger partial charge is 0.303 e. The van der Waals surface area contributed by atoms with Crippen molar-refractivity contribution < 1.29 is 15.0 Å². The Bertz CT molecular complexity index is 456. The third-order valence-corrected chi connectivity index (χ3v) is 3.84. The van der Waals surface area contributed by atoms with Gasteiger partial charge in [0.2, 0.25) is 0 Å². The minimum Gasteiger partial charge on any atom is -0.508 e. The van der Waals surface area contributed by atoms with Crippen LogP contribution >= 0.6 is 11.6 Å². The van der Waals surface area contributed by atoms with E-state index in [4.69, 9.17) is 16.7 Å². The van der Waals surface area contributed by atoms with Gasteiger partial charge in [0.05, 0.1) is 0 Å². The van der Waals surface area contributed by atoms with Crippen molar-refractivity contribution in [2.75, 3.05) is 13.1 Å². The summed E-state index contributed by atoms with van der Waals surface area (Å²) in [5.41, 5.74) is 0.823. The molecule has 1 aliphatic rings. The molecule has 0 saturated carbocycles. The quantitative estimate of drug-likeness (QED) is 0.892. The molecule has 2 rings (SSSR count). The number of carboxylic acid groups (broad SMARTS) is 1. The summed E-state index contributed by atoms with van der Waals surface area (Å²) in [6, 6.07) is 5.05. The number of rotatable bonds is 4. The van der Waals surface area contributed by atoms with E-state index in [0.717, 1.165) is 31.5 Å². The molecule has 2 N–H and O–H groups in total. The number of likely N-dealkylation sites (tertiary alicyclic amines) is 1. The molecule has 5 heteroatoms. The van der Waals surface area contributed by atoms with Crippen LogP contribution in [0, 0.1) is 5.92 Å². The summed E-state index contributed by atoms with van der Waals surface area (Å²) in [6.07, 6.45) is 2.05. The number of carboxylic acids is 1. The highest BCUT2D eigenvalue weighted by Gasteiger charge is 2.21. The van der Waals surface area contributed by atoms with Crippen molar-refractivity contribution >= 4 is 17.6 Å². The Morgan fingerprint density at radius 2 is 2.05 bits per heavy atom. The summed E-state index contributed by atoms with van der Waals surface area (Å²) in [4.78, 5) is 12.9. The highest BCUT2D eigenvalue weighted by molar-refractivity contribution is 6.30. The fraction of sp³-hybridized carbons (Fsp3) is 0.500. The van der Waals surface area contributed by atoms with Gasteiger partial charge < -0.3 is 10.2 Å². The van der Waals surface area contributed by atoms with Crippen molar-refractivity contribution in [1.29, 1.82) is 0 Å². The van der Waals surface area contributed by atoms with Gasteiger partial charge in [-0.1, -0.05) is 11.6 Å². The lowest BCUT2D eigenvalue weighted by molar-refractivity contribution is -0.138. The predicted octanol–water partition coefficient (Wildman–Crippen LogP) is 2.73. The number of nitrogens with zero attached hydrogens (tertiary/aromatic N) is 1. The van der Waals surface area contributed by atoms with Gasteiger partial charge >= 0.3 is 5.97 Å². The normalized spacial score (nSPS) is 17.5. The molecule has 0 aliphatic carbocycles. The van der Waals surface area contributed by atoms with E-state index in [9.17, 15) is 9.90 Å². The highest BCUT2D eigenvalue weighted by Crippen LogP contribution is 2.26. The topological polar surface area (TPSA) is 60.8 Å². The zero-order valence-corrected chi connectivity index (χ0v) is 11.4. The number of phenols is 1. The summed E-state index contributed by atoms with van der Waals surface area (Å²) < 4.78 is 0. The molecule has 104 valence electrons. The maximum atomic E-state index is 10.7. The van der Waals surface area contributed by atoms with Crippen molar-refractivity contribution in [3.63, 3.8) is 0 Å². The number of halogens is 1. The van der Waals surface area contributed by atoms with Gasteiger partial charge in [-0.05, 0) is 50.0 Å². The zero-order valence-electron chi connectivity index (χ0n) is 10.7. The van der Waals surface area contributed by atoms with Gasteiger partial charge in [-0.25, -0.2) is 0 Å². The number of benzene rings is 1. The van der Waals surface area contributed by atoms with Crippen LogP contribution in [0.3, 0.4) is 0 Å². The lowest BCUT2D eigenvalue weighted by Gasteiger charge is -2.31. The van der Waals surface area contributed by atoms with Gasteiger partial charge in [0.1, 0.15) is 5.75 Å². The molecule has 0 atom stereocenters. The second-order valence-electron chi connectivity index (χ2n) is 5.09. The molecule has 1 aromatic carbocycles. The maximum absolute atomic E-state index is 10.7. The summed E-state index contributed by atoms with van der Waals surface area (Å²) in [5.74, 6) is -0.176. The van der Waals surface area contributed by atoms with Crippen LogP contribution in [0.4, 0.5) is 0 Å². The Balaban J connectivity index is 1.88. The molecular weight excluding hydrogens is 266 g/mol. The van der Waals surface area contributed by atoms with E-state index in [1.807, 2.05) is 0 Å². The van der Waals surface area contributed by atoms with Crippen LogP contribution in [0.5, 0.6) is 5.75 Å². The van der Waals surface area contributed by atoms with Gasteiger partial charge in [-0.2, -0.15) is 0 Å². The van der Waals surface area contributed by atoms with Crippen LogP contribution in [-0.2, 0) is 11.3 Å². The molecule has 4 nitrogen and oxygen atoms in total. The molecule has 0 aromatic heterocycles. The van der Waals surface area contributed by atoms with Crippen LogP contribution < -0.4 is 0 Å². The van der Waals surface area contributed by atoms with E-state index < -0.39 is 5.97 Å². The fourth-order valence-electron chi connectivity index (χ4n) is 2.52. The van der Waals surface area contributed by atoms with Gasteiger partial charge in [0, 0.05) is 23.6 Å². The molecular formula is C14H18ClNO3. The second-order valence-corrected chi connectivity index (χ2v) is 5.53. The standard InChI is InChI=1S/C14H18ClNO3/c15-12-1-2-13(17)11(8-12)9-16-5-3-10(4-6-16)7-14(18)19/h1-2,8,10,17H,3-7,9H2,(H,18,19). The number of piperidine rings is 1. The van der Waals surface area contributed by atoms with Crippen LogP contribution in [0.25, 0.3) is 0 Å². The van der Waals surface area contributed by atoms with E-state index in [0.29, 0.717) is 11.6 Å². The number of hydrogen-bond acceptors (Lipinski definition) is 3. The minimum absolute atomic E-state index is 0.260. The fourth-order valence-corrected chi connectivity index (χ4v) is 2.71. The first-order chi connectivity index (χ1) is 9.04. The summed E-state index contributed by atoms with van der Waals surface area (Å²) in [5, 5.41) is 19.2. The van der Waals surface area contributed by atoms with Crippen molar-refractivity contribution in [1.82, 2.24) is 4.90 Å². The van der Waals surface area contributed by atoms with Gasteiger partial charge in [-0.3, -0.25) is 9.69 Å². The molecule has 19 heavy (non-hydrogen) atoms. The van der Waals surface area contributed by atoms with Crippen molar-refractivity contribution in [3.05, 3.63) is 28.8 Å². The first-order valence-corrected chi connectivity index (χ1v) is 6.84. The number of carbonyl (C=O) groups is 1. The first-order valence-electron chi connectivity index (χ1n) is 6.46. The third-order valence-electron chi connectivity index (χ3n) is 3.61. The Labute approximate surface area is 117 Å². The van der Waals surface area contributed by atoms with E-state index in [-0.39, 0.29) is 18.1 Å². The van der Waals surface area contributed by atoms with E-state index in [1.165, 1.54) is 0 Å². The lowest BCUT2D eigenvalue weighted by atomic mass is 9.93. The highest BCUT2D eigenvalue weighted by atomic mass is 35.5. The Morgan fingerprint density at radius 3 is 2.68 bits per heavy atom. The molecule has 1 heterocycles. The van der Waals surface area contributed by atoms with Crippen LogP contribution in [0.1, 0.15) is 24.8 Å². The molecule has 0 spiro atoms. The molecule has 0 bridgehead atoms. The summed E-state index contributed by atoms with van der Waals surface area (Å²) >= 11 is 5.92. The number of hydrogen-bond donors (Lipinski definition) is 2. The third kappa shape index (κ3) is 4.11. The molecule has 1 saturated heterocycles. The van der Waals surface area contributed by atoms with Crippen LogP contribution in [0.15, 0.2) is 18.2 Å². The molecule has 1 aromatic rings. The van der Waals surface area contributed by atoms with Crippen molar-refractivity contribution in [3.8, 4) is 5.75 Å². The number of aromatic hydroxyl groups is 1. The van der Waals surface area contributed by atoms with Crippen molar-refractivity contribution in [2.45, 2.75) is 25.8 Å². The van der Waals surface area contributed by atoms with Gasteiger partial charge in [-0.15, -0.1) is 0 Å². The number of aliphatic carboxylic acids is 1. The van der Waals surface area contributed by atoms with Crippen molar-refractivity contribution in [2.24, 2.45) is 5.92 Å². The van der Waals surface area contributed by atoms with Crippen LogP contribution in [-0.4, -0.2) is 34.2 Å². The minimum atomic E-state index is -0.717. The second kappa shape index (κ2) is 6.26. The zero-order chi connectivity index (χ0) is 13.8. The largest absolute Gasteiger partial charge is 0.508 e. The predicted molar refractivity (Wildman–Crippen MR) is 73.4 cm³/mol. The maximum Gasteiger partial charge on any atom is 0.303 e. The lowest BCUT2D eigenvalue weighted by Crippen LogP contribution is -2.33. The summed E-state index contributed by atoms with van der Waals surface area (Å²) in [6.45, 7) is 2.39. The monoisotopic (exact) mass is 283 g/mol. The van der Waals surface area contributed by atoms with E-state index in [2.05, 4.69) is 4.90 Å². The van der Waals surface area contributed by atoms with Gasteiger partial charge in [0.25, 0.3) is 0 Å². The molecule has 0 amide bonds. The molecule has 1 aliphatic heterocycles. The SMILES string of the molecule is O=C(O)CC1CCN(Cc2cc(Cl)ccc2O)CC1. The Kier molecular flexibility index (Phi) is 4.66. The first kappa shape index (κ1) is 14.2. The van der Waals surface area contributed by atoms with Crippen LogP contribution in [0.2, 0.25) is 5.02 Å². The van der Waals surface area contributed by atoms with Gasteiger partial charge in [0.15, 0.2) is 0 Å². The Hall–Kier alpha value is -1.26. The van der Waals surface area contributed by atoms with E-state index in [1.54, 1.807) is 18.2 Å². The molecule has 0 unspecified atom stereocenters. The molecule has 1 fully saturated rings. The average Bonchev–Trinajstić information content (AvgIpc) is 2.35. The Morgan fingerprint density at radius 1 is 1.37 bits per heavy atom. The summed E-state index contributed by atoms with van der Waals surface area (Å²) in [7, 11) is 0. The number of phenolic OH excluding ortho intramolecular Hbond substituents is 1. The average molecular weight is 284 g/mol. The molecule has 0 radical (unpaired) electrons. The van der Waals surface area contributed by atoms with E-state index >= 15 is 0 Å².